The van der Waals surface area contributed by atoms with Crippen LogP contribution in [0.4, 0.5) is 5.69 Å². The Morgan fingerprint density at radius 1 is 1.04 bits per heavy atom. The van der Waals surface area contributed by atoms with Crippen molar-refractivity contribution in [1.82, 2.24) is 19.7 Å². The first-order valence-corrected chi connectivity index (χ1v) is 9.97. The summed E-state index contributed by atoms with van der Waals surface area (Å²) in [6.07, 6.45) is 2.08. The lowest BCUT2D eigenvalue weighted by atomic mass is 10.1. The summed E-state index contributed by atoms with van der Waals surface area (Å²) in [5.74, 6) is 0.868. The average Bonchev–Trinajstić information content (AvgIpc) is 3.45. The lowest BCUT2D eigenvalue weighted by Gasteiger charge is -2.04. The van der Waals surface area contributed by atoms with E-state index in [2.05, 4.69) is 31.3 Å². The van der Waals surface area contributed by atoms with Gasteiger partial charge in [-0.2, -0.15) is 5.10 Å². The summed E-state index contributed by atoms with van der Waals surface area (Å²) >= 11 is 1.78. The number of imidazole rings is 1. The molecule has 1 aliphatic heterocycles. The predicted octanol–water partition coefficient (Wildman–Crippen LogP) is 4.30. The van der Waals surface area contributed by atoms with Crippen molar-refractivity contribution < 1.29 is 4.79 Å². The first-order chi connectivity index (χ1) is 13.8. The number of thioether (sulfide) groups is 1. The fraction of sp³-hybridized carbons (Fsp3) is 0.0952. The molecule has 4 aromatic rings. The summed E-state index contributed by atoms with van der Waals surface area (Å²) in [4.78, 5) is 17.2. The van der Waals surface area contributed by atoms with Gasteiger partial charge in [0.1, 0.15) is 5.69 Å². The number of hydrogen-bond donors (Lipinski definition) is 2. The van der Waals surface area contributed by atoms with Crippen molar-refractivity contribution in [2.24, 2.45) is 0 Å². The van der Waals surface area contributed by atoms with Crippen molar-refractivity contribution >= 4 is 23.4 Å². The van der Waals surface area contributed by atoms with Gasteiger partial charge in [-0.1, -0.05) is 54.2 Å². The van der Waals surface area contributed by atoms with E-state index >= 15 is 0 Å². The molecule has 0 bridgehead atoms. The van der Waals surface area contributed by atoms with Crippen molar-refractivity contribution in [3.05, 3.63) is 72.6 Å². The number of nitrogens with one attached hydrogen (secondary N) is 2. The van der Waals surface area contributed by atoms with Gasteiger partial charge >= 0.3 is 0 Å². The molecule has 1 amide bonds. The van der Waals surface area contributed by atoms with Gasteiger partial charge < -0.3 is 9.88 Å². The van der Waals surface area contributed by atoms with E-state index < -0.39 is 0 Å². The zero-order chi connectivity index (χ0) is 18.9. The second-order valence-electron chi connectivity index (χ2n) is 6.51. The van der Waals surface area contributed by atoms with E-state index in [9.17, 15) is 4.79 Å². The lowest BCUT2D eigenvalue weighted by Crippen LogP contribution is -2.12. The number of aromatic nitrogens is 4. The van der Waals surface area contributed by atoms with E-state index in [1.807, 2.05) is 54.6 Å². The van der Waals surface area contributed by atoms with Gasteiger partial charge in [0.2, 0.25) is 0 Å². The highest BCUT2D eigenvalue weighted by molar-refractivity contribution is 7.99. The molecule has 138 valence electrons. The SMILES string of the molecule is O=C(Nc1ccc(-c2cn3c(n2)SCC3)cc1)c1cc(-c2ccccc2)n[nH]1. The largest absolute Gasteiger partial charge is 0.325 e. The lowest BCUT2D eigenvalue weighted by molar-refractivity contribution is 0.102. The molecule has 7 heteroatoms. The van der Waals surface area contributed by atoms with E-state index in [0.29, 0.717) is 5.69 Å². The Morgan fingerprint density at radius 3 is 2.61 bits per heavy atom. The van der Waals surface area contributed by atoms with Gasteiger partial charge in [0, 0.05) is 35.3 Å². The Balaban J connectivity index is 1.29. The highest BCUT2D eigenvalue weighted by Crippen LogP contribution is 2.29. The van der Waals surface area contributed by atoms with E-state index in [0.717, 1.165) is 45.7 Å². The number of H-pyrrole nitrogens is 1. The number of anilines is 1. The molecule has 0 spiro atoms. The number of amides is 1. The summed E-state index contributed by atoms with van der Waals surface area (Å²) in [6, 6.07) is 19.2. The standard InChI is InChI=1S/C21H17N5OS/c27-20(18-12-17(24-25-18)14-4-2-1-3-5-14)22-16-8-6-15(7-9-16)19-13-26-10-11-28-21(26)23-19/h1-9,12-13H,10-11H2,(H,22,27)(H,24,25). The van der Waals surface area contributed by atoms with Crippen molar-refractivity contribution in [2.45, 2.75) is 11.7 Å². The monoisotopic (exact) mass is 387 g/mol. The summed E-state index contributed by atoms with van der Waals surface area (Å²) in [5, 5.41) is 11.0. The minimum atomic E-state index is -0.222. The first-order valence-electron chi connectivity index (χ1n) is 8.99. The van der Waals surface area contributed by atoms with Crippen LogP contribution < -0.4 is 5.32 Å². The number of nitrogens with zero attached hydrogens (tertiary/aromatic N) is 3. The number of carbonyl (C=O) groups excluding carboxylic acids is 1. The summed E-state index contributed by atoms with van der Waals surface area (Å²) in [6.45, 7) is 1.01. The molecule has 1 aliphatic rings. The van der Waals surface area contributed by atoms with Crippen LogP contribution in [-0.2, 0) is 6.54 Å². The molecule has 0 unspecified atom stereocenters. The summed E-state index contributed by atoms with van der Waals surface area (Å²) in [5.41, 5.74) is 4.85. The Hall–Kier alpha value is -3.32. The molecular weight excluding hydrogens is 370 g/mol. The van der Waals surface area contributed by atoms with Crippen LogP contribution in [0.5, 0.6) is 0 Å². The normalized spacial score (nSPS) is 12.7. The summed E-state index contributed by atoms with van der Waals surface area (Å²) in [7, 11) is 0. The quantitative estimate of drug-likeness (QED) is 0.547. The zero-order valence-corrected chi connectivity index (χ0v) is 15.7. The van der Waals surface area contributed by atoms with Crippen molar-refractivity contribution in [3.63, 3.8) is 0 Å². The van der Waals surface area contributed by atoms with Gasteiger partial charge in [0.15, 0.2) is 5.16 Å². The number of rotatable bonds is 4. The molecule has 2 N–H and O–H groups in total. The second-order valence-corrected chi connectivity index (χ2v) is 7.58. The fourth-order valence-electron chi connectivity index (χ4n) is 3.17. The molecule has 0 saturated heterocycles. The average molecular weight is 387 g/mol. The van der Waals surface area contributed by atoms with Gasteiger partial charge in [-0.3, -0.25) is 9.89 Å². The van der Waals surface area contributed by atoms with Crippen LogP contribution in [0.1, 0.15) is 10.5 Å². The number of benzene rings is 2. The van der Waals surface area contributed by atoms with Crippen LogP contribution in [-0.4, -0.2) is 31.4 Å². The molecule has 0 saturated carbocycles. The number of carbonyl (C=O) groups is 1. The minimum Gasteiger partial charge on any atom is -0.325 e. The van der Waals surface area contributed by atoms with E-state index in [4.69, 9.17) is 0 Å². The van der Waals surface area contributed by atoms with Crippen LogP contribution in [0.25, 0.3) is 22.5 Å². The van der Waals surface area contributed by atoms with Crippen LogP contribution >= 0.6 is 11.8 Å². The zero-order valence-electron chi connectivity index (χ0n) is 14.9. The van der Waals surface area contributed by atoms with Crippen LogP contribution in [0.15, 0.2) is 72.0 Å². The van der Waals surface area contributed by atoms with Gasteiger partial charge in [-0.25, -0.2) is 4.98 Å². The molecule has 0 atom stereocenters. The maximum absolute atomic E-state index is 12.5. The minimum absolute atomic E-state index is 0.222. The molecule has 0 radical (unpaired) electrons. The molecule has 2 aromatic carbocycles. The number of hydrogen-bond acceptors (Lipinski definition) is 4. The number of aromatic amines is 1. The smallest absolute Gasteiger partial charge is 0.273 e. The van der Waals surface area contributed by atoms with Crippen molar-refractivity contribution in [1.29, 1.82) is 0 Å². The molecule has 5 rings (SSSR count). The Labute approximate surface area is 166 Å². The first kappa shape index (κ1) is 16.8. The fourth-order valence-corrected chi connectivity index (χ4v) is 4.11. The van der Waals surface area contributed by atoms with Gasteiger partial charge in [-0.15, -0.1) is 0 Å². The van der Waals surface area contributed by atoms with Crippen LogP contribution in [0.2, 0.25) is 0 Å². The van der Waals surface area contributed by atoms with Crippen molar-refractivity contribution in [2.75, 3.05) is 11.1 Å². The molecule has 0 aliphatic carbocycles. The third-order valence-corrected chi connectivity index (χ3v) is 5.60. The van der Waals surface area contributed by atoms with Gasteiger partial charge in [0.25, 0.3) is 5.91 Å². The van der Waals surface area contributed by atoms with E-state index in [-0.39, 0.29) is 5.91 Å². The Morgan fingerprint density at radius 2 is 1.82 bits per heavy atom. The van der Waals surface area contributed by atoms with Gasteiger partial charge in [0.05, 0.1) is 11.4 Å². The van der Waals surface area contributed by atoms with Gasteiger partial charge in [-0.05, 0) is 18.2 Å². The van der Waals surface area contributed by atoms with E-state index in [1.165, 1.54) is 0 Å². The highest BCUT2D eigenvalue weighted by Gasteiger charge is 2.15. The van der Waals surface area contributed by atoms with Crippen LogP contribution in [0.3, 0.4) is 0 Å². The molecule has 28 heavy (non-hydrogen) atoms. The second kappa shape index (κ2) is 7.01. The molecule has 3 heterocycles. The molecule has 0 fully saturated rings. The molecule has 2 aromatic heterocycles. The number of aryl methyl sites for hydroxylation is 1. The molecule has 6 nitrogen and oxygen atoms in total. The van der Waals surface area contributed by atoms with Crippen LogP contribution in [0, 0.1) is 0 Å². The Bertz CT molecular complexity index is 1110. The van der Waals surface area contributed by atoms with Crippen molar-refractivity contribution in [3.8, 4) is 22.5 Å². The third kappa shape index (κ3) is 3.20. The predicted molar refractivity (Wildman–Crippen MR) is 110 cm³/mol. The molecular formula is C21H17N5OS. The maximum Gasteiger partial charge on any atom is 0.273 e. The number of fused-ring (bicyclic) bond motifs is 1. The third-order valence-electron chi connectivity index (χ3n) is 4.63. The topological polar surface area (TPSA) is 75.6 Å². The highest BCUT2D eigenvalue weighted by atomic mass is 32.2. The van der Waals surface area contributed by atoms with E-state index in [1.54, 1.807) is 17.8 Å². The summed E-state index contributed by atoms with van der Waals surface area (Å²) < 4.78 is 2.18. The maximum atomic E-state index is 12.5. The Kier molecular flexibility index (Phi) is 4.21.